The van der Waals surface area contributed by atoms with Crippen LogP contribution >= 0.6 is 0 Å². The van der Waals surface area contributed by atoms with Crippen molar-refractivity contribution >= 4 is 34.3 Å². The Labute approximate surface area is 203 Å². The highest BCUT2D eigenvalue weighted by Crippen LogP contribution is 2.32. The molecule has 2 N–H and O–H groups in total. The molecule has 3 aromatic heterocycles. The van der Waals surface area contributed by atoms with Crippen molar-refractivity contribution in [2.75, 3.05) is 43.4 Å². The van der Waals surface area contributed by atoms with Crippen molar-refractivity contribution in [1.29, 1.82) is 0 Å². The molecule has 0 bridgehead atoms. The zero-order valence-electron chi connectivity index (χ0n) is 20.5. The number of likely N-dealkylation sites (N-methyl/N-ethyl adjacent to an activating group) is 1. The van der Waals surface area contributed by atoms with Crippen LogP contribution in [0.3, 0.4) is 0 Å². The molecule has 35 heavy (non-hydrogen) atoms. The first-order valence-corrected chi connectivity index (χ1v) is 12.2. The Morgan fingerprint density at radius 3 is 2.49 bits per heavy atom. The van der Waals surface area contributed by atoms with Crippen molar-refractivity contribution < 1.29 is 14.6 Å². The number of aryl methyl sites for hydroxylation is 1. The second kappa shape index (κ2) is 9.01. The Kier molecular flexibility index (Phi) is 6.02. The number of pyridine rings is 2. The molecule has 10 heteroatoms. The minimum Gasteiger partial charge on any atom is -0.359 e. The highest BCUT2D eigenvalue weighted by molar-refractivity contribution is 5.99. The normalized spacial score (nSPS) is 18.2. The van der Waals surface area contributed by atoms with Crippen LogP contribution in [0.4, 0.5) is 17.5 Å². The Balaban J connectivity index is 1.46. The number of hydroxylamine groups is 3. The number of rotatable bonds is 5. The van der Waals surface area contributed by atoms with Crippen LogP contribution in [0.2, 0.25) is 0 Å². The van der Waals surface area contributed by atoms with Crippen LogP contribution in [0, 0.1) is 6.92 Å². The third-order valence-electron chi connectivity index (χ3n) is 7.31. The Bertz CT molecular complexity index is 1320. The van der Waals surface area contributed by atoms with Gasteiger partial charge in [-0.1, -0.05) is 12.8 Å². The van der Waals surface area contributed by atoms with Crippen molar-refractivity contribution in [2.45, 2.75) is 45.6 Å². The first-order valence-electron chi connectivity index (χ1n) is 12.2. The first-order chi connectivity index (χ1) is 16.7. The predicted octanol–water partition coefficient (Wildman–Crippen LogP) is 3.21. The maximum Gasteiger partial charge on any atom is 0.263 e. The molecule has 1 saturated heterocycles. The molecule has 2 fully saturated rings. The van der Waals surface area contributed by atoms with Gasteiger partial charge in [0.1, 0.15) is 24.6 Å². The highest BCUT2D eigenvalue weighted by Gasteiger charge is 2.28. The molecule has 184 valence electrons. The van der Waals surface area contributed by atoms with Gasteiger partial charge in [-0.3, -0.25) is 14.2 Å². The summed E-state index contributed by atoms with van der Waals surface area (Å²) in [6.07, 6.45) is 7.40. The summed E-state index contributed by atoms with van der Waals surface area (Å²) >= 11 is 0. The summed E-state index contributed by atoms with van der Waals surface area (Å²) in [6.45, 7) is 6.07. The van der Waals surface area contributed by atoms with E-state index in [9.17, 15) is 14.8 Å². The van der Waals surface area contributed by atoms with E-state index >= 15 is 0 Å². The van der Waals surface area contributed by atoms with Crippen molar-refractivity contribution in [1.82, 2.24) is 19.5 Å². The van der Waals surface area contributed by atoms with Crippen molar-refractivity contribution in [3.8, 4) is 0 Å². The van der Waals surface area contributed by atoms with Gasteiger partial charge in [-0.05, 0) is 44.4 Å². The van der Waals surface area contributed by atoms with Crippen molar-refractivity contribution in [3.05, 3.63) is 46.0 Å². The van der Waals surface area contributed by atoms with Gasteiger partial charge < -0.3 is 10.2 Å². The van der Waals surface area contributed by atoms with E-state index in [-0.39, 0.29) is 27.6 Å². The zero-order chi connectivity index (χ0) is 24.7. The SMILES string of the molecule is CC(=O)c1c(C)c2cnc(Nc3ccc(N4CC[N+](C)(O)CC4)cn3)nc2n(C2CCCC2)c1=O. The number of carbonyl (C=O) groups excluding carboxylic acids is 1. The lowest BCUT2D eigenvalue weighted by molar-refractivity contribution is -1.09. The van der Waals surface area contributed by atoms with Crippen LogP contribution in [0.25, 0.3) is 11.0 Å². The van der Waals surface area contributed by atoms with Gasteiger partial charge in [-0.2, -0.15) is 9.63 Å². The maximum absolute atomic E-state index is 13.4. The van der Waals surface area contributed by atoms with Crippen LogP contribution in [0.1, 0.15) is 54.6 Å². The molecule has 4 heterocycles. The molecule has 1 aliphatic heterocycles. The van der Waals surface area contributed by atoms with E-state index in [0.29, 0.717) is 36.1 Å². The van der Waals surface area contributed by atoms with Crippen molar-refractivity contribution in [2.24, 2.45) is 0 Å². The van der Waals surface area contributed by atoms with Gasteiger partial charge >= 0.3 is 0 Å². The third-order valence-corrected chi connectivity index (χ3v) is 7.31. The summed E-state index contributed by atoms with van der Waals surface area (Å²) in [5.74, 6) is 0.717. The number of hydrogen-bond acceptors (Lipinski definition) is 8. The summed E-state index contributed by atoms with van der Waals surface area (Å²) in [6, 6.07) is 3.90. The van der Waals surface area contributed by atoms with Crippen LogP contribution < -0.4 is 15.8 Å². The third kappa shape index (κ3) is 4.51. The molecule has 0 amide bonds. The average molecular weight is 479 g/mol. The number of quaternary nitrogens is 1. The van der Waals surface area contributed by atoms with E-state index in [1.807, 2.05) is 19.2 Å². The number of nitrogens with zero attached hydrogens (tertiary/aromatic N) is 6. The van der Waals surface area contributed by atoms with Gasteiger partial charge in [0.2, 0.25) is 5.95 Å². The fourth-order valence-corrected chi connectivity index (χ4v) is 5.22. The van der Waals surface area contributed by atoms with Gasteiger partial charge in [0, 0.05) is 17.6 Å². The van der Waals surface area contributed by atoms with E-state index in [2.05, 4.69) is 20.2 Å². The topological polar surface area (TPSA) is 113 Å². The van der Waals surface area contributed by atoms with Crippen LogP contribution in [0.5, 0.6) is 0 Å². The van der Waals surface area contributed by atoms with Gasteiger partial charge in [0.25, 0.3) is 5.56 Å². The molecule has 5 rings (SSSR count). The maximum atomic E-state index is 13.4. The van der Waals surface area contributed by atoms with Crippen LogP contribution in [-0.2, 0) is 0 Å². The smallest absolute Gasteiger partial charge is 0.263 e. The minimum atomic E-state index is -0.263. The molecule has 1 saturated carbocycles. The van der Waals surface area contributed by atoms with E-state index in [1.54, 1.807) is 23.9 Å². The lowest BCUT2D eigenvalue weighted by atomic mass is 10.0. The quantitative estimate of drug-likeness (QED) is 0.425. The van der Waals surface area contributed by atoms with Crippen LogP contribution in [0.15, 0.2) is 29.3 Å². The predicted molar refractivity (Wildman–Crippen MR) is 133 cm³/mol. The second-order valence-corrected chi connectivity index (χ2v) is 9.90. The molecular weight excluding hydrogens is 446 g/mol. The summed E-state index contributed by atoms with van der Waals surface area (Å²) in [5, 5.41) is 14.0. The number of nitrogens with one attached hydrogen (secondary N) is 1. The number of piperazine rings is 1. The second-order valence-electron chi connectivity index (χ2n) is 9.90. The number of hydrogen-bond donors (Lipinski definition) is 2. The Morgan fingerprint density at radius 2 is 1.86 bits per heavy atom. The lowest BCUT2D eigenvalue weighted by Crippen LogP contribution is -2.55. The molecule has 3 aromatic rings. The number of fused-ring (bicyclic) bond motifs is 1. The highest BCUT2D eigenvalue weighted by atomic mass is 16.5. The fraction of sp³-hybridized carbons (Fsp3) is 0.480. The van der Waals surface area contributed by atoms with E-state index in [4.69, 9.17) is 4.98 Å². The number of aromatic nitrogens is 4. The summed E-state index contributed by atoms with van der Waals surface area (Å²) in [5.41, 5.74) is 2.14. The first kappa shape index (κ1) is 23.4. The van der Waals surface area contributed by atoms with E-state index in [0.717, 1.165) is 49.8 Å². The molecule has 0 spiro atoms. The van der Waals surface area contributed by atoms with Gasteiger partial charge in [0.05, 0.1) is 37.6 Å². The Hall–Kier alpha value is -3.37. The monoisotopic (exact) mass is 478 g/mol. The summed E-state index contributed by atoms with van der Waals surface area (Å²) < 4.78 is 1.75. The molecule has 2 aliphatic rings. The summed E-state index contributed by atoms with van der Waals surface area (Å²) in [4.78, 5) is 41.5. The number of anilines is 3. The largest absolute Gasteiger partial charge is 0.359 e. The van der Waals surface area contributed by atoms with E-state index < -0.39 is 0 Å². The summed E-state index contributed by atoms with van der Waals surface area (Å²) in [7, 11) is 1.82. The molecule has 0 radical (unpaired) electrons. The fourth-order valence-electron chi connectivity index (χ4n) is 5.22. The zero-order valence-corrected chi connectivity index (χ0v) is 20.5. The van der Waals surface area contributed by atoms with Gasteiger partial charge in [-0.15, -0.1) is 0 Å². The molecule has 0 aromatic carbocycles. The Morgan fingerprint density at radius 1 is 1.14 bits per heavy atom. The standard InChI is InChI=1S/C25H31N7O3/c1-16-20-15-27-25(28-21-9-8-19(14-26-21)30-10-12-32(3,35)13-11-30)29-23(20)31(18-6-4-5-7-18)24(34)22(16)17(2)33/h8-9,14-15,18,35H,4-7,10-13H2,1-3H3/p+1. The molecule has 0 atom stereocenters. The minimum absolute atomic E-state index is 0.0350. The molecule has 10 nitrogen and oxygen atoms in total. The number of Topliss-reactive ketones (excluding diaryl/α,β-unsaturated/α-hetero) is 1. The average Bonchev–Trinajstić information content (AvgIpc) is 3.34. The van der Waals surface area contributed by atoms with E-state index in [1.165, 1.54) is 6.92 Å². The number of carbonyl (C=O) groups is 1. The number of ketones is 1. The molecular formula is C25H32N7O3+. The van der Waals surface area contributed by atoms with Crippen LogP contribution in [-0.4, -0.2) is 68.4 Å². The molecule has 1 aliphatic carbocycles. The van der Waals surface area contributed by atoms with Gasteiger partial charge in [0.15, 0.2) is 5.78 Å². The van der Waals surface area contributed by atoms with Gasteiger partial charge in [-0.25, -0.2) is 15.2 Å². The van der Waals surface area contributed by atoms with Crippen molar-refractivity contribution in [3.63, 3.8) is 0 Å². The molecule has 0 unspecified atom stereocenters. The lowest BCUT2D eigenvalue weighted by Gasteiger charge is -2.36.